The summed E-state index contributed by atoms with van der Waals surface area (Å²) in [5.41, 5.74) is 2.68. The van der Waals surface area contributed by atoms with Crippen LogP contribution in [0, 0.1) is 29.1 Å². The summed E-state index contributed by atoms with van der Waals surface area (Å²) in [5.74, 6) is -1.17. The normalized spacial score (nSPS) is 38.4. The second-order valence-corrected chi connectivity index (χ2v) is 12.1. The van der Waals surface area contributed by atoms with Crippen LogP contribution in [0.4, 0.5) is 0 Å². The number of H-pyrrole nitrogens is 1. The topological polar surface area (TPSA) is 102 Å². The Balaban J connectivity index is 1.66. The van der Waals surface area contributed by atoms with Gasteiger partial charge in [0.05, 0.1) is 0 Å². The van der Waals surface area contributed by atoms with E-state index in [-0.39, 0.29) is 41.4 Å². The number of ketones is 1. The first-order valence-corrected chi connectivity index (χ1v) is 14.6. The largest absolute Gasteiger partial charge is 0.386 e. The predicted molar refractivity (Wildman–Crippen MR) is 158 cm³/mol. The minimum absolute atomic E-state index is 0.0349. The molecule has 40 heavy (non-hydrogen) atoms. The van der Waals surface area contributed by atoms with Gasteiger partial charge in [-0.25, -0.2) is 0 Å². The Bertz CT molecular complexity index is 1410. The van der Waals surface area contributed by atoms with Crippen molar-refractivity contribution in [2.24, 2.45) is 29.1 Å². The van der Waals surface area contributed by atoms with Crippen molar-refractivity contribution in [3.63, 3.8) is 0 Å². The van der Waals surface area contributed by atoms with Crippen molar-refractivity contribution in [3.8, 4) is 0 Å². The molecule has 6 nitrogen and oxygen atoms in total. The Labute approximate surface area is 236 Å². The number of hydrogen-bond donors (Lipinski definition) is 4. The fourth-order valence-electron chi connectivity index (χ4n) is 7.64. The van der Waals surface area contributed by atoms with Crippen LogP contribution in [0.3, 0.4) is 0 Å². The molecule has 2 heterocycles. The Kier molecular flexibility index (Phi) is 7.77. The second-order valence-electron chi connectivity index (χ2n) is 12.1. The molecule has 5 rings (SSSR count). The van der Waals surface area contributed by atoms with Crippen LogP contribution in [0.2, 0.25) is 0 Å². The molecule has 1 amide bonds. The van der Waals surface area contributed by atoms with Gasteiger partial charge < -0.3 is 20.5 Å². The minimum atomic E-state index is -1.34. The molecule has 1 aromatic carbocycles. The summed E-state index contributed by atoms with van der Waals surface area (Å²) < 4.78 is 0. The summed E-state index contributed by atoms with van der Waals surface area (Å²) in [6, 6.07) is 7.90. The van der Waals surface area contributed by atoms with Gasteiger partial charge in [0, 0.05) is 40.9 Å². The Hall–Kier alpha value is -3.22. The zero-order valence-corrected chi connectivity index (χ0v) is 24.1. The van der Waals surface area contributed by atoms with Crippen molar-refractivity contribution < 1.29 is 19.8 Å². The fraction of sp³-hybridized carbons (Fsp3) is 0.471. The monoisotopic (exact) mass is 542 g/mol. The first-order valence-electron chi connectivity index (χ1n) is 14.6. The third-order valence-electron chi connectivity index (χ3n) is 9.70. The molecule has 2 aromatic rings. The lowest BCUT2D eigenvalue weighted by molar-refractivity contribution is -0.142. The average molecular weight is 543 g/mol. The number of carbonyl (C=O) groups is 2. The van der Waals surface area contributed by atoms with E-state index in [2.05, 4.69) is 56.2 Å². The van der Waals surface area contributed by atoms with Gasteiger partial charge in [-0.3, -0.25) is 9.59 Å². The van der Waals surface area contributed by atoms with E-state index in [1.807, 2.05) is 36.5 Å². The first kappa shape index (κ1) is 28.3. The predicted octanol–water partition coefficient (Wildman–Crippen LogP) is 5.36. The number of aliphatic hydroxyl groups is 2. The van der Waals surface area contributed by atoms with Crippen LogP contribution in [0.25, 0.3) is 10.9 Å². The quantitative estimate of drug-likeness (QED) is 0.310. The SMILES string of the molecule is CC[C@@H]1C(C)=C[C@@H]2/C=C\C[C@H](C)/C=C(\C)[C@@H](O)[C@@H](O)/C=C/C(=O)[C@]23C(=O)N[C@@H]([C@H](C)c2c[nH]c4ccccc24)[C@H]13. The summed E-state index contributed by atoms with van der Waals surface area (Å²) in [5, 5.41) is 25.9. The molecular weight excluding hydrogens is 500 g/mol. The van der Waals surface area contributed by atoms with E-state index in [1.54, 1.807) is 6.92 Å². The molecule has 9 atom stereocenters. The lowest BCUT2D eigenvalue weighted by Crippen LogP contribution is -2.52. The number of rotatable bonds is 3. The highest BCUT2D eigenvalue weighted by Gasteiger charge is 2.66. The van der Waals surface area contributed by atoms with E-state index in [0.717, 1.165) is 22.9 Å². The van der Waals surface area contributed by atoms with Gasteiger partial charge in [0.25, 0.3) is 0 Å². The number of benzene rings is 1. The smallest absolute Gasteiger partial charge is 0.235 e. The first-order chi connectivity index (χ1) is 19.1. The van der Waals surface area contributed by atoms with Crippen molar-refractivity contribution in [3.05, 3.63) is 83.6 Å². The molecule has 1 aliphatic heterocycles. The van der Waals surface area contributed by atoms with Crippen LogP contribution in [0.5, 0.6) is 0 Å². The van der Waals surface area contributed by atoms with Crippen LogP contribution in [0.1, 0.15) is 58.9 Å². The molecule has 1 aromatic heterocycles. The van der Waals surface area contributed by atoms with Crippen molar-refractivity contribution in [2.75, 3.05) is 0 Å². The number of allylic oxidation sites excluding steroid dienone is 6. The van der Waals surface area contributed by atoms with Crippen LogP contribution in [-0.4, -0.2) is 45.1 Å². The van der Waals surface area contributed by atoms with Gasteiger partial charge in [0.1, 0.15) is 17.6 Å². The number of aromatic nitrogens is 1. The number of amides is 1. The zero-order valence-electron chi connectivity index (χ0n) is 24.1. The second kappa shape index (κ2) is 11.0. The van der Waals surface area contributed by atoms with Crippen molar-refractivity contribution >= 4 is 22.6 Å². The lowest BCUT2D eigenvalue weighted by atomic mass is 9.53. The molecule has 0 bridgehead atoms. The molecule has 0 saturated carbocycles. The van der Waals surface area contributed by atoms with Crippen LogP contribution in [0.15, 0.2) is 78.1 Å². The lowest BCUT2D eigenvalue weighted by Gasteiger charge is -2.46. The van der Waals surface area contributed by atoms with E-state index in [9.17, 15) is 19.8 Å². The Morgan fingerprint density at radius 2 is 1.82 bits per heavy atom. The summed E-state index contributed by atoms with van der Waals surface area (Å²) in [4.78, 5) is 32.0. The maximum absolute atomic E-state index is 14.4. The molecule has 0 unspecified atom stereocenters. The van der Waals surface area contributed by atoms with E-state index >= 15 is 0 Å². The maximum atomic E-state index is 14.4. The summed E-state index contributed by atoms with van der Waals surface area (Å²) in [6.07, 6.45) is 12.0. The number of fused-ring (bicyclic) bond motifs is 1. The van der Waals surface area contributed by atoms with E-state index in [1.165, 1.54) is 17.7 Å². The van der Waals surface area contributed by atoms with E-state index in [4.69, 9.17) is 0 Å². The van der Waals surface area contributed by atoms with Crippen LogP contribution < -0.4 is 5.32 Å². The number of nitrogens with one attached hydrogen (secondary N) is 2. The van der Waals surface area contributed by atoms with E-state index in [0.29, 0.717) is 12.0 Å². The molecule has 6 heteroatoms. The van der Waals surface area contributed by atoms with E-state index < -0.39 is 23.5 Å². The number of hydrogen-bond acceptors (Lipinski definition) is 4. The van der Waals surface area contributed by atoms with Crippen LogP contribution in [-0.2, 0) is 9.59 Å². The highest BCUT2D eigenvalue weighted by atomic mass is 16.3. The molecule has 212 valence electrons. The number of para-hydroxylation sites is 1. The number of aromatic amines is 1. The Morgan fingerprint density at radius 1 is 1.07 bits per heavy atom. The van der Waals surface area contributed by atoms with Gasteiger partial charge in [-0.15, -0.1) is 0 Å². The molecule has 0 radical (unpaired) electrons. The minimum Gasteiger partial charge on any atom is -0.386 e. The van der Waals surface area contributed by atoms with Gasteiger partial charge in [-0.1, -0.05) is 68.8 Å². The van der Waals surface area contributed by atoms with Gasteiger partial charge >= 0.3 is 0 Å². The number of aliphatic hydroxyl groups excluding tert-OH is 2. The molecular formula is C34H42N2O4. The molecule has 1 fully saturated rings. The standard InChI is InChI=1S/C34H42N2O4/c1-6-24-20(3)17-23-11-9-10-19(2)16-21(4)32(39)28(37)14-15-29(38)34(23)30(24)31(36-33(34)40)22(5)26-18-35-27-13-8-7-12-25(26)27/h7-9,11-19,22-24,28,30-32,35,37,39H,6,10H2,1-5H3,(H,36,40)/b11-9-,15-14+,21-16+/t19-,22+,23-,24+,28-,30-,31-,32+,34+/m0/s1. The zero-order chi connectivity index (χ0) is 28.8. The maximum Gasteiger partial charge on any atom is 0.235 e. The summed E-state index contributed by atoms with van der Waals surface area (Å²) >= 11 is 0. The van der Waals surface area contributed by atoms with Crippen molar-refractivity contribution in [1.82, 2.24) is 10.3 Å². The highest BCUT2D eigenvalue weighted by molar-refractivity contribution is 6.14. The van der Waals surface area contributed by atoms with Gasteiger partial charge in [0.2, 0.25) is 5.91 Å². The van der Waals surface area contributed by atoms with Crippen molar-refractivity contribution in [2.45, 2.75) is 71.6 Å². The van der Waals surface area contributed by atoms with Gasteiger partial charge in [0.15, 0.2) is 5.78 Å². The number of carbonyl (C=O) groups excluding carboxylic acids is 2. The van der Waals surface area contributed by atoms with Gasteiger partial charge in [-0.05, 0) is 67.9 Å². The van der Waals surface area contributed by atoms with Gasteiger partial charge in [-0.2, -0.15) is 0 Å². The fourth-order valence-corrected chi connectivity index (χ4v) is 7.64. The summed E-state index contributed by atoms with van der Waals surface area (Å²) in [6.45, 7) is 10.2. The molecule has 1 spiro atoms. The molecule has 4 N–H and O–H groups in total. The molecule has 3 aliphatic rings. The van der Waals surface area contributed by atoms with Crippen LogP contribution >= 0.6 is 0 Å². The third kappa shape index (κ3) is 4.51. The summed E-state index contributed by atoms with van der Waals surface area (Å²) in [7, 11) is 0. The third-order valence-corrected chi connectivity index (χ3v) is 9.70. The molecule has 2 aliphatic carbocycles. The highest BCUT2D eigenvalue weighted by Crippen LogP contribution is 2.57. The van der Waals surface area contributed by atoms with Crippen molar-refractivity contribution in [1.29, 1.82) is 0 Å². The average Bonchev–Trinajstić information content (AvgIpc) is 3.50. The molecule has 1 saturated heterocycles. The Morgan fingerprint density at radius 3 is 2.58 bits per heavy atom.